The van der Waals surface area contributed by atoms with Crippen molar-refractivity contribution in [3.8, 4) is 0 Å². The molecule has 0 aliphatic heterocycles. The zero-order valence-electron chi connectivity index (χ0n) is 6.83. The normalized spacial score (nSPS) is 8.29. The summed E-state index contributed by atoms with van der Waals surface area (Å²) in [4.78, 5) is 0. The minimum Gasteiger partial charge on any atom is -1.00 e. The van der Waals surface area contributed by atoms with E-state index in [1.54, 1.807) is 0 Å². The van der Waals surface area contributed by atoms with Gasteiger partial charge in [-0.05, 0) is 0 Å². The fraction of sp³-hybridized carbons (Fsp3) is 0. The van der Waals surface area contributed by atoms with Gasteiger partial charge in [0, 0.05) is 0 Å². The molecule has 0 aliphatic carbocycles. The summed E-state index contributed by atoms with van der Waals surface area (Å²) in [6.07, 6.45) is 0. The smallest absolute Gasteiger partial charge is 1.00 e. The SMILES string of the molecule is O=S(=O)(O)O.[H-].[H-].[H-].[Li+].[Mg+2]. The summed E-state index contributed by atoms with van der Waals surface area (Å²) in [5, 5.41) is 0. The van der Waals surface area contributed by atoms with Crippen molar-refractivity contribution in [1.29, 1.82) is 0 Å². The molecule has 0 aromatic heterocycles. The molecule has 0 aromatic rings. The van der Waals surface area contributed by atoms with E-state index in [1.807, 2.05) is 0 Å². The van der Waals surface area contributed by atoms with E-state index in [-0.39, 0.29) is 46.2 Å². The van der Waals surface area contributed by atoms with E-state index in [9.17, 15) is 0 Å². The molecule has 0 aromatic carbocycles. The van der Waals surface area contributed by atoms with Gasteiger partial charge >= 0.3 is 52.3 Å². The topological polar surface area (TPSA) is 74.6 Å². The van der Waals surface area contributed by atoms with Crippen LogP contribution in [0.25, 0.3) is 0 Å². The summed E-state index contributed by atoms with van der Waals surface area (Å²) in [5.41, 5.74) is 0. The maximum absolute atomic E-state index is 8.74. The van der Waals surface area contributed by atoms with Crippen molar-refractivity contribution in [3.05, 3.63) is 0 Å². The summed E-state index contributed by atoms with van der Waals surface area (Å²) in [7, 11) is -4.67. The van der Waals surface area contributed by atoms with Crippen molar-refractivity contribution < 1.29 is 40.7 Å². The van der Waals surface area contributed by atoms with E-state index in [4.69, 9.17) is 17.5 Å². The first kappa shape index (κ1) is 15.7. The van der Waals surface area contributed by atoms with Gasteiger partial charge in [-0.15, -0.1) is 0 Å². The molecule has 7 heteroatoms. The number of rotatable bonds is 0. The third kappa shape index (κ3) is 130. The van der Waals surface area contributed by atoms with Crippen molar-refractivity contribution in [2.45, 2.75) is 0 Å². The molecule has 0 amide bonds. The van der Waals surface area contributed by atoms with Crippen LogP contribution in [0.15, 0.2) is 0 Å². The standard InChI is InChI=1S/Li.Mg.H2O4S.3H/c;;1-5(2,3)4;;;/h;;(H2,1,2,3,4);;;/q+1;+2;;3*-1. The van der Waals surface area contributed by atoms with Gasteiger partial charge in [0.1, 0.15) is 0 Å². The molecule has 0 radical (unpaired) electrons. The van der Waals surface area contributed by atoms with E-state index in [0.717, 1.165) is 0 Å². The Balaban J connectivity index is -0.00000000800. The van der Waals surface area contributed by atoms with Crippen LogP contribution < -0.4 is 18.9 Å². The molecule has 0 saturated carbocycles. The summed E-state index contributed by atoms with van der Waals surface area (Å²) in [5.74, 6) is 0. The van der Waals surface area contributed by atoms with Gasteiger partial charge in [0.05, 0.1) is 0 Å². The average molecular weight is 132 g/mol. The molecule has 0 unspecified atom stereocenters. The minimum atomic E-state index is -4.67. The number of hydrogen-bond acceptors (Lipinski definition) is 2. The van der Waals surface area contributed by atoms with Crippen LogP contribution >= 0.6 is 0 Å². The van der Waals surface area contributed by atoms with Gasteiger partial charge < -0.3 is 4.28 Å². The van der Waals surface area contributed by atoms with Gasteiger partial charge in [-0.1, -0.05) is 0 Å². The predicted molar refractivity (Wildman–Crippen MR) is 23.3 cm³/mol. The first-order valence-electron chi connectivity index (χ1n) is 0.698. The molecule has 2 N–H and O–H groups in total. The Morgan fingerprint density at radius 2 is 1.29 bits per heavy atom. The van der Waals surface area contributed by atoms with Crippen LogP contribution in [0.2, 0.25) is 0 Å². The van der Waals surface area contributed by atoms with Gasteiger partial charge in [-0.25, -0.2) is 0 Å². The van der Waals surface area contributed by atoms with Gasteiger partial charge in [0.25, 0.3) is 0 Å². The number of hydrogen-bond donors (Lipinski definition) is 2. The maximum atomic E-state index is 8.74. The summed E-state index contributed by atoms with van der Waals surface area (Å²) in [6.45, 7) is 0. The third-order valence-electron chi connectivity index (χ3n) is 0. The Morgan fingerprint density at radius 3 is 1.29 bits per heavy atom. The van der Waals surface area contributed by atoms with E-state index >= 15 is 0 Å². The summed E-state index contributed by atoms with van der Waals surface area (Å²) in [6, 6.07) is 0. The third-order valence-corrected chi connectivity index (χ3v) is 0. The maximum Gasteiger partial charge on any atom is 2.00 e. The van der Waals surface area contributed by atoms with Gasteiger partial charge in [-0.2, -0.15) is 8.42 Å². The molecule has 0 bridgehead atoms. The molecule has 0 fully saturated rings. The molecule has 0 aliphatic rings. The molecule has 38 valence electrons. The Hall–Kier alpha value is 1.23. The molecule has 0 atom stereocenters. The second-order valence-corrected chi connectivity index (χ2v) is 1.34. The van der Waals surface area contributed by atoms with E-state index < -0.39 is 10.4 Å². The molecule has 0 saturated heterocycles. The van der Waals surface area contributed by atoms with Crippen LogP contribution in [0.3, 0.4) is 0 Å². The second kappa shape index (κ2) is 5.37. The van der Waals surface area contributed by atoms with Gasteiger partial charge in [0.15, 0.2) is 0 Å². The summed E-state index contributed by atoms with van der Waals surface area (Å²) < 4.78 is 31.6. The minimum absolute atomic E-state index is 0. The first-order chi connectivity index (χ1) is 2.00. The van der Waals surface area contributed by atoms with Crippen molar-refractivity contribution in [1.82, 2.24) is 0 Å². The van der Waals surface area contributed by atoms with Crippen LogP contribution in [-0.4, -0.2) is 40.6 Å². The Labute approximate surface area is 74.0 Å². The predicted octanol–water partition coefficient (Wildman–Crippen LogP) is -3.69. The fourth-order valence-electron chi connectivity index (χ4n) is 0. The van der Waals surface area contributed by atoms with Crippen molar-refractivity contribution >= 4 is 33.5 Å². The van der Waals surface area contributed by atoms with Crippen molar-refractivity contribution in [3.63, 3.8) is 0 Å². The van der Waals surface area contributed by atoms with Crippen LogP contribution in [0.5, 0.6) is 0 Å². The van der Waals surface area contributed by atoms with Crippen LogP contribution in [0.1, 0.15) is 4.28 Å². The Morgan fingerprint density at radius 1 is 1.29 bits per heavy atom. The van der Waals surface area contributed by atoms with Gasteiger partial charge in [-0.3, -0.25) is 9.11 Å². The quantitative estimate of drug-likeness (QED) is 0.263. The zero-order chi connectivity index (χ0) is 4.50. The second-order valence-electron chi connectivity index (χ2n) is 0.448. The molecule has 0 rings (SSSR count). The average Bonchev–Trinajstić information content (AvgIpc) is 0.722. The molecule has 0 spiro atoms. The largest absolute Gasteiger partial charge is 2.00 e. The molecular weight excluding hydrogens is 127 g/mol. The summed E-state index contributed by atoms with van der Waals surface area (Å²) >= 11 is 0. The molecule has 7 heavy (non-hydrogen) atoms. The fourth-order valence-corrected chi connectivity index (χ4v) is 0. The van der Waals surface area contributed by atoms with E-state index in [0.29, 0.717) is 0 Å². The van der Waals surface area contributed by atoms with Crippen molar-refractivity contribution in [2.24, 2.45) is 0 Å². The molecule has 4 nitrogen and oxygen atoms in total. The monoisotopic (exact) mass is 132 g/mol. The molecular formula is H5LiMgO4S. The first-order valence-corrected chi connectivity index (χ1v) is 2.10. The zero-order valence-corrected chi connectivity index (χ0v) is 6.06. The Bertz CT molecular complexity index is 104. The van der Waals surface area contributed by atoms with Crippen LogP contribution in [0, 0.1) is 0 Å². The van der Waals surface area contributed by atoms with E-state index in [1.165, 1.54) is 0 Å². The Kier molecular flexibility index (Phi) is 12.1. The van der Waals surface area contributed by atoms with E-state index in [2.05, 4.69) is 0 Å². The van der Waals surface area contributed by atoms with Crippen LogP contribution in [-0.2, 0) is 10.4 Å². The van der Waals surface area contributed by atoms with Crippen LogP contribution in [0.4, 0.5) is 0 Å². The van der Waals surface area contributed by atoms with Gasteiger partial charge in [0.2, 0.25) is 0 Å². The molecule has 0 heterocycles. The van der Waals surface area contributed by atoms with Crippen molar-refractivity contribution in [2.75, 3.05) is 0 Å².